The van der Waals surface area contributed by atoms with Crippen molar-refractivity contribution in [3.8, 4) is 0 Å². The van der Waals surface area contributed by atoms with Crippen LogP contribution in [0.5, 0.6) is 0 Å². The molecule has 0 aromatic carbocycles. The van der Waals surface area contributed by atoms with Crippen LogP contribution >= 0.6 is 0 Å². The van der Waals surface area contributed by atoms with Crippen LogP contribution < -0.4 is 5.84 Å². The molecule has 0 aromatic rings. The predicted octanol–water partition coefficient (Wildman–Crippen LogP) is -0.305. The lowest BCUT2D eigenvalue weighted by atomic mass is 11.1. The fourth-order valence-electron chi connectivity index (χ4n) is 0.0623. The third kappa shape index (κ3) is 3.23. The lowest BCUT2D eigenvalue weighted by molar-refractivity contribution is 0.313. The number of oxime groups is 1. The molecule has 0 atom stereocenters. The van der Waals surface area contributed by atoms with Gasteiger partial charge >= 0.3 is 0 Å². The molecule has 0 fully saturated rings. The summed E-state index contributed by atoms with van der Waals surface area (Å²) in [6.45, 7) is 0. The minimum Gasteiger partial charge on any atom is -0.410 e. The van der Waals surface area contributed by atoms with Crippen LogP contribution in [0.25, 0.3) is 0 Å². The van der Waals surface area contributed by atoms with Crippen molar-refractivity contribution in [3.63, 3.8) is 0 Å². The molecule has 0 saturated carbocycles. The van der Waals surface area contributed by atoms with Crippen LogP contribution in [0.3, 0.4) is 0 Å². The molecule has 0 unspecified atom stereocenters. The first-order valence-electron chi connectivity index (χ1n) is 1.26. The number of rotatable bonds is 1. The van der Waals surface area contributed by atoms with Crippen LogP contribution in [-0.2, 0) is 0 Å². The number of nitrogens with zero attached hydrogens (tertiary/aromatic N) is 2. The smallest absolute Gasteiger partial charge is 0.146 e. The lowest BCUT2D eigenvalue weighted by Crippen LogP contribution is -2.07. The van der Waals surface area contributed by atoms with Gasteiger partial charge in [-0.1, -0.05) is 5.16 Å². The standard InChI is InChI=1S/C2H5N3O/c1-5(3)2-4-6/h2-3,6H,1H2. The highest BCUT2D eigenvalue weighted by molar-refractivity contribution is 5.52. The van der Waals surface area contributed by atoms with Crippen LogP contribution in [0.1, 0.15) is 0 Å². The zero-order valence-corrected chi connectivity index (χ0v) is 3.13. The Morgan fingerprint density at radius 3 is 2.50 bits per heavy atom. The second kappa shape index (κ2) is 2.47. The molecule has 0 amide bonds. The third-order valence-corrected chi connectivity index (χ3v) is 0.191. The third-order valence-electron chi connectivity index (χ3n) is 0.191. The first-order valence-corrected chi connectivity index (χ1v) is 1.26. The van der Waals surface area contributed by atoms with Gasteiger partial charge in [-0.2, -0.15) is 5.84 Å². The Morgan fingerprint density at radius 2 is 2.50 bits per heavy atom. The second-order valence-corrected chi connectivity index (χ2v) is 0.701. The summed E-state index contributed by atoms with van der Waals surface area (Å²) in [6.07, 6.45) is 0.861. The molecule has 0 rings (SSSR count). The fourth-order valence-corrected chi connectivity index (χ4v) is 0.0623. The van der Waals surface area contributed by atoms with E-state index in [1.54, 1.807) is 0 Å². The zero-order chi connectivity index (χ0) is 4.99. The Hall–Kier alpha value is -0.770. The van der Waals surface area contributed by atoms with Crippen molar-refractivity contribution < 1.29 is 5.21 Å². The first kappa shape index (κ1) is 5.23. The molecule has 0 bridgehead atoms. The van der Waals surface area contributed by atoms with Crippen LogP contribution in [-0.4, -0.2) is 16.6 Å². The molecule has 34 valence electrons. The predicted molar refractivity (Wildman–Crippen MR) is 20.6 cm³/mol. The maximum Gasteiger partial charge on any atom is 0.146 e. The van der Waals surface area contributed by atoms with Crippen LogP contribution in [0, 0.1) is 7.05 Å². The van der Waals surface area contributed by atoms with E-state index in [9.17, 15) is 0 Å². The largest absolute Gasteiger partial charge is 0.410 e. The molecule has 4 heteroatoms. The summed E-state index contributed by atoms with van der Waals surface area (Å²) in [4.78, 5) is 0. The van der Waals surface area contributed by atoms with Gasteiger partial charge in [0.1, 0.15) is 6.34 Å². The second-order valence-electron chi connectivity index (χ2n) is 0.701. The summed E-state index contributed by atoms with van der Waals surface area (Å²) in [5, 5.41) is 10.7. The Kier molecular flexibility index (Phi) is 2.15. The topological polar surface area (TPSA) is 59.6 Å². The zero-order valence-electron chi connectivity index (χ0n) is 3.13. The van der Waals surface area contributed by atoms with Gasteiger partial charge in [-0.3, -0.25) is 5.01 Å². The van der Waals surface area contributed by atoms with Crippen LogP contribution in [0.4, 0.5) is 0 Å². The molecule has 4 nitrogen and oxygen atoms in total. The quantitative estimate of drug-likeness (QED) is 0.206. The molecule has 0 aliphatic carbocycles. The van der Waals surface area contributed by atoms with Crippen LogP contribution in [0.2, 0.25) is 0 Å². The molecular formula is C2H5N3O. The molecule has 2 N–H and O–H groups in total. The van der Waals surface area contributed by atoms with Gasteiger partial charge in [0.05, 0.1) is 7.05 Å². The summed E-state index contributed by atoms with van der Waals surface area (Å²) in [6, 6.07) is 0. The summed E-state index contributed by atoms with van der Waals surface area (Å²) in [5.74, 6) is 6.39. The van der Waals surface area contributed by atoms with Gasteiger partial charge < -0.3 is 5.21 Å². The van der Waals surface area contributed by atoms with Crippen molar-refractivity contribution in [2.24, 2.45) is 5.16 Å². The van der Waals surface area contributed by atoms with E-state index in [2.05, 4.69) is 12.2 Å². The van der Waals surface area contributed by atoms with E-state index >= 15 is 0 Å². The first-order chi connectivity index (χ1) is 2.77. The molecular weight excluding hydrogens is 82.0 g/mol. The van der Waals surface area contributed by atoms with E-state index < -0.39 is 0 Å². The maximum absolute atomic E-state index is 7.60. The Bertz CT molecular complexity index is 50.8. The van der Waals surface area contributed by atoms with Gasteiger partial charge in [-0.15, -0.1) is 0 Å². The van der Waals surface area contributed by atoms with Gasteiger partial charge in [0.25, 0.3) is 0 Å². The minimum atomic E-state index is 0.639. The summed E-state index contributed by atoms with van der Waals surface area (Å²) >= 11 is 0. The number of hydrogen-bond donors (Lipinski definition) is 1. The van der Waals surface area contributed by atoms with E-state index in [1.165, 1.54) is 0 Å². The normalized spacial score (nSPS) is 9.67. The van der Waals surface area contributed by atoms with E-state index in [-0.39, 0.29) is 0 Å². The Balaban J connectivity index is 3.03. The van der Waals surface area contributed by atoms with E-state index in [0.29, 0.717) is 5.01 Å². The van der Waals surface area contributed by atoms with E-state index in [4.69, 9.17) is 11.0 Å². The molecule has 0 aliphatic heterocycles. The van der Waals surface area contributed by atoms with Crippen molar-refractivity contribution in [2.45, 2.75) is 0 Å². The average Bonchev–Trinajstić information content (AvgIpc) is 1.35. The summed E-state index contributed by atoms with van der Waals surface area (Å²) < 4.78 is 0. The van der Waals surface area contributed by atoms with Gasteiger partial charge in [0.2, 0.25) is 0 Å². The highest BCUT2D eigenvalue weighted by Gasteiger charge is 1.71. The van der Waals surface area contributed by atoms with Crippen molar-refractivity contribution in [1.82, 2.24) is 10.9 Å². The number of hydrogen-bond acceptors (Lipinski definition) is 2. The van der Waals surface area contributed by atoms with Gasteiger partial charge in [0, 0.05) is 0 Å². The van der Waals surface area contributed by atoms with Gasteiger partial charge in [-0.05, 0) is 0 Å². The lowest BCUT2D eigenvalue weighted by Gasteiger charge is -1.94. The molecule has 0 heterocycles. The van der Waals surface area contributed by atoms with Crippen molar-refractivity contribution in [3.05, 3.63) is 7.05 Å². The van der Waals surface area contributed by atoms with E-state index in [0.717, 1.165) is 6.34 Å². The van der Waals surface area contributed by atoms with Crippen LogP contribution in [0.15, 0.2) is 5.16 Å². The average molecular weight is 87.1 g/mol. The summed E-state index contributed by atoms with van der Waals surface area (Å²) in [7, 11) is 3.02. The van der Waals surface area contributed by atoms with Crippen molar-refractivity contribution >= 4 is 6.34 Å². The Labute approximate surface area is 35.8 Å². The van der Waals surface area contributed by atoms with Crippen molar-refractivity contribution in [1.29, 1.82) is 0 Å². The SMILES string of the molecule is [CH2]N([NH])C=NO. The minimum absolute atomic E-state index is 0.639. The van der Waals surface area contributed by atoms with Gasteiger partial charge in [-0.25, -0.2) is 0 Å². The molecule has 2 radical (unpaired) electrons. The molecule has 6 heavy (non-hydrogen) atoms. The maximum atomic E-state index is 7.60. The van der Waals surface area contributed by atoms with Crippen molar-refractivity contribution in [2.75, 3.05) is 0 Å². The fraction of sp³-hybridized carbons (Fsp3) is 0. The molecule has 0 aromatic heterocycles. The van der Waals surface area contributed by atoms with Gasteiger partial charge in [0.15, 0.2) is 0 Å². The Morgan fingerprint density at radius 1 is 2.00 bits per heavy atom. The van der Waals surface area contributed by atoms with E-state index in [1.807, 2.05) is 0 Å². The monoisotopic (exact) mass is 87.0 g/mol. The highest BCUT2D eigenvalue weighted by Crippen LogP contribution is 1.60. The molecule has 0 saturated heterocycles. The highest BCUT2D eigenvalue weighted by atomic mass is 16.4. The molecule has 0 spiro atoms. The summed E-state index contributed by atoms with van der Waals surface area (Å²) in [5.41, 5.74) is 0. The molecule has 0 aliphatic rings. The number of nitrogens with one attached hydrogen (secondary N) is 1.